The molecule has 0 heterocycles. The molecule has 0 nitrogen and oxygen atoms in total. The van der Waals surface area contributed by atoms with Crippen molar-refractivity contribution < 1.29 is 0 Å². The lowest BCUT2D eigenvalue weighted by atomic mass is 10.1. The van der Waals surface area contributed by atoms with Crippen LogP contribution in [-0.2, 0) is 0 Å². The van der Waals surface area contributed by atoms with Crippen molar-refractivity contribution in [2.24, 2.45) is 5.92 Å². The highest BCUT2D eigenvalue weighted by Gasteiger charge is 1.95. The first kappa shape index (κ1) is 10.2. The maximum atomic E-state index is 4.30. The molecule has 0 aromatic rings. The lowest BCUT2D eigenvalue weighted by Crippen LogP contribution is -1.85. The Hall–Kier alpha value is 0.180. The molecule has 0 aromatic heterocycles. The maximum Gasteiger partial charge on any atom is -0.0156 e. The van der Waals surface area contributed by atoms with Crippen LogP contribution in [-0.4, -0.2) is 0 Å². The second kappa shape index (κ2) is 4.91. The van der Waals surface area contributed by atoms with Gasteiger partial charge in [-0.3, -0.25) is 0 Å². The van der Waals surface area contributed by atoms with Crippen LogP contribution in [0.25, 0.3) is 0 Å². The summed E-state index contributed by atoms with van der Waals surface area (Å²) in [6.45, 7) is 6.24. The summed E-state index contributed by atoms with van der Waals surface area (Å²) in [7, 11) is 0. The minimum atomic E-state index is 0.506. The topological polar surface area (TPSA) is 0 Å². The first-order chi connectivity index (χ1) is 4.57. The molecule has 0 radical (unpaired) electrons. The van der Waals surface area contributed by atoms with E-state index in [1.807, 2.05) is 13.0 Å². The fraction of sp³-hybridized carbons (Fsp3) is 0.500. The predicted octanol–water partition coefficient (Wildman–Crippen LogP) is 3.29. The Balaban J connectivity index is 4.17. The van der Waals surface area contributed by atoms with E-state index >= 15 is 0 Å². The lowest BCUT2D eigenvalue weighted by Gasteiger charge is -2.02. The van der Waals surface area contributed by atoms with Gasteiger partial charge in [0.2, 0.25) is 0 Å². The van der Waals surface area contributed by atoms with Gasteiger partial charge in [-0.2, -0.15) is 12.6 Å². The third-order valence-corrected chi connectivity index (χ3v) is 2.22. The molecule has 10 heavy (non-hydrogen) atoms. The van der Waals surface area contributed by atoms with E-state index in [9.17, 15) is 0 Å². The van der Waals surface area contributed by atoms with Gasteiger partial charge in [-0.05, 0) is 34.8 Å². The molecule has 0 aliphatic carbocycles. The fourth-order valence-corrected chi connectivity index (χ4v) is 0.715. The zero-order chi connectivity index (χ0) is 8.15. The van der Waals surface area contributed by atoms with Crippen LogP contribution < -0.4 is 0 Å². The molecule has 0 aliphatic rings. The summed E-state index contributed by atoms with van der Waals surface area (Å²) in [6.07, 6.45) is 2.03. The van der Waals surface area contributed by atoms with Crippen LogP contribution in [0.15, 0.2) is 22.0 Å². The van der Waals surface area contributed by atoms with Crippen LogP contribution in [0.5, 0.6) is 0 Å². The zero-order valence-corrected chi connectivity index (χ0v) is 8.42. The average Bonchev–Trinajstić information content (AvgIpc) is 1.87. The predicted molar refractivity (Wildman–Crippen MR) is 54.7 cm³/mol. The van der Waals surface area contributed by atoms with E-state index in [0.29, 0.717) is 5.92 Å². The summed E-state index contributed by atoms with van der Waals surface area (Å²) in [6, 6.07) is 0. The summed E-state index contributed by atoms with van der Waals surface area (Å²) >= 11 is 8.32. The number of thiol groups is 2. The van der Waals surface area contributed by atoms with Crippen molar-refractivity contribution >= 4 is 25.3 Å². The SMILES string of the molecule is CC(=C\S)/C=C(/S)C(C)C. The van der Waals surface area contributed by atoms with Gasteiger partial charge in [0.15, 0.2) is 0 Å². The largest absolute Gasteiger partial charge is 0.151 e. The Morgan fingerprint density at radius 1 is 1.40 bits per heavy atom. The molecule has 0 bridgehead atoms. The second-order valence-corrected chi connectivity index (χ2v) is 3.37. The summed E-state index contributed by atoms with van der Waals surface area (Å²) in [5.41, 5.74) is 1.14. The summed E-state index contributed by atoms with van der Waals surface area (Å²) in [5.74, 6) is 0.506. The molecular weight excluding hydrogens is 160 g/mol. The lowest BCUT2D eigenvalue weighted by molar-refractivity contribution is 0.817. The smallest absolute Gasteiger partial charge is 0.0156 e. The van der Waals surface area contributed by atoms with E-state index in [-0.39, 0.29) is 0 Å². The van der Waals surface area contributed by atoms with Crippen LogP contribution in [0, 0.1) is 5.92 Å². The van der Waals surface area contributed by atoms with Crippen molar-refractivity contribution in [2.45, 2.75) is 20.8 Å². The molecule has 0 unspecified atom stereocenters. The average molecular weight is 174 g/mol. The van der Waals surface area contributed by atoms with Crippen molar-refractivity contribution in [3.05, 3.63) is 22.0 Å². The fourth-order valence-electron chi connectivity index (χ4n) is 0.437. The highest BCUT2D eigenvalue weighted by Crippen LogP contribution is 2.15. The molecule has 0 aliphatic heterocycles. The van der Waals surface area contributed by atoms with Gasteiger partial charge in [-0.1, -0.05) is 13.8 Å². The zero-order valence-electron chi connectivity index (χ0n) is 6.63. The van der Waals surface area contributed by atoms with Crippen molar-refractivity contribution in [3.63, 3.8) is 0 Å². The molecule has 2 heteroatoms. The van der Waals surface area contributed by atoms with Gasteiger partial charge in [0, 0.05) is 0 Å². The van der Waals surface area contributed by atoms with Crippen LogP contribution >= 0.6 is 25.3 Å². The summed E-state index contributed by atoms with van der Waals surface area (Å²) < 4.78 is 0. The van der Waals surface area contributed by atoms with Gasteiger partial charge in [-0.15, -0.1) is 12.6 Å². The van der Waals surface area contributed by atoms with Crippen LogP contribution in [0.3, 0.4) is 0 Å². The van der Waals surface area contributed by atoms with Gasteiger partial charge in [-0.25, -0.2) is 0 Å². The van der Waals surface area contributed by atoms with Gasteiger partial charge in [0.1, 0.15) is 0 Å². The quantitative estimate of drug-likeness (QED) is 0.466. The van der Waals surface area contributed by atoms with Crippen molar-refractivity contribution in [1.82, 2.24) is 0 Å². The highest BCUT2D eigenvalue weighted by atomic mass is 32.1. The molecule has 0 amide bonds. The normalized spacial score (nSPS) is 14.6. The van der Waals surface area contributed by atoms with E-state index in [1.165, 1.54) is 0 Å². The number of hydrogen-bond acceptors (Lipinski definition) is 2. The molecule has 0 aromatic carbocycles. The third kappa shape index (κ3) is 4.07. The van der Waals surface area contributed by atoms with Gasteiger partial charge in [0.25, 0.3) is 0 Å². The molecule has 0 saturated heterocycles. The van der Waals surface area contributed by atoms with Gasteiger partial charge in [0.05, 0.1) is 0 Å². The van der Waals surface area contributed by atoms with Crippen molar-refractivity contribution in [1.29, 1.82) is 0 Å². The minimum absolute atomic E-state index is 0.506. The molecular formula is C8H14S2. The molecule has 58 valence electrons. The number of allylic oxidation sites excluding steroid dienone is 3. The first-order valence-electron chi connectivity index (χ1n) is 3.29. The number of hydrogen-bond donors (Lipinski definition) is 2. The second-order valence-electron chi connectivity index (χ2n) is 2.60. The summed E-state index contributed by atoms with van der Waals surface area (Å²) in [5, 5.41) is 1.78. The van der Waals surface area contributed by atoms with Crippen LogP contribution in [0.2, 0.25) is 0 Å². The Bertz CT molecular complexity index is 155. The Morgan fingerprint density at radius 3 is 2.20 bits per heavy atom. The van der Waals surface area contributed by atoms with Crippen LogP contribution in [0.4, 0.5) is 0 Å². The molecule has 0 saturated carbocycles. The Kier molecular flexibility index (Phi) is 5.00. The van der Waals surface area contributed by atoms with E-state index in [4.69, 9.17) is 0 Å². The molecule has 0 fully saturated rings. The van der Waals surface area contributed by atoms with E-state index in [1.54, 1.807) is 5.41 Å². The van der Waals surface area contributed by atoms with Crippen molar-refractivity contribution in [2.75, 3.05) is 0 Å². The van der Waals surface area contributed by atoms with Crippen LogP contribution in [0.1, 0.15) is 20.8 Å². The third-order valence-electron chi connectivity index (χ3n) is 1.17. The van der Waals surface area contributed by atoms with Gasteiger partial charge >= 0.3 is 0 Å². The minimum Gasteiger partial charge on any atom is -0.151 e. The van der Waals surface area contributed by atoms with E-state index < -0.39 is 0 Å². The Labute approximate surface area is 74.2 Å². The number of rotatable bonds is 2. The highest BCUT2D eigenvalue weighted by molar-refractivity contribution is 7.84. The van der Waals surface area contributed by atoms with E-state index in [2.05, 4.69) is 39.1 Å². The van der Waals surface area contributed by atoms with E-state index in [0.717, 1.165) is 10.5 Å². The first-order valence-corrected chi connectivity index (χ1v) is 4.25. The monoisotopic (exact) mass is 174 g/mol. The van der Waals surface area contributed by atoms with Crippen molar-refractivity contribution in [3.8, 4) is 0 Å². The summed E-state index contributed by atoms with van der Waals surface area (Å²) in [4.78, 5) is 1.10. The molecule has 0 rings (SSSR count). The molecule has 0 atom stereocenters. The molecule has 0 N–H and O–H groups in total. The standard InChI is InChI=1S/C8H14S2/c1-6(2)8(10)4-7(3)5-9/h4-6,9-10H,1-3H3/b7-5+,8-4+. The van der Waals surface area contributed by atoms with Gasteiger partial charge < -0.3 is 0 Å². The molecule has 0 spiro atoms. The Morgan fingerprint density at radius 2 is 1.90 bits per heavy atom. The maximum absolute atomic E-state index is 4.30.